The molecule has 2 rings (SSSR count). The molecule has 0 bridgehead atoms. The van der Waals surface area contributed by atoms with E-state index in [1.165, 1.54) is 0 Å². The van der Waals surface area contributed by atoms with Crippen LogP contribution in [0.4, 0.5) is 0 Å². The van der Waals surface area contributed by atoms with Crippen LogP contribution in [-0.2, 0) is 5.60 Å². The Morgan fingerprint density at radius 2 is 1.83 bits per heavy atom. The molecule has 0 aliphatic carbocycles. The van der Waals surface area contributed by atoms with E-state index in [0.717, 1.165) is 25.1 Å². The fraction of sp³-hybridized carbons (Fsp3) is 0.625. The Morgan fingerprint density at radius 1 is 1.22 bits per heavy atom. The zero-order chi connectivity index (χ0) is 13.4. The Balaban J connectivity index is 2.19. The highest BCUT2D eigenvalue weighted by molar-refractivity contribution is 5.24. The van der Waals surface area contributed by atoms with Crippen LogP contribution in [0.2, 0.25) is 0 Å². The topological polar surface area (TPSA) is 23.5 Å². The zero-order valence-corrected chi connectivity index (χ0v) is 12.0. The number of benzene rings is 1. The summed E-state index contributed by atoms with van der Waals surface area (Å²) in [7, 11) is 0. The van der Waals surface area contributed by atoms with Crippen LogP contribution in [0.25, 0.3) is 0 Å². The second-order valence-electron chi connectivity index (χ2n) is 6.56. The van der Waals surface area contributed by atoms with E-state index < -0.39 is 5.60 Å². The van der Waals surface area contributed by atoms with Gasteiger partial charge in [0, 0.05) is 24.5 Å². The first-order valence-corrected chi connectivity index (χ1v) is 6.87. The minimum absolute atomic E-state index is 0.187. The summed E-state index contributed by atoms with van der Waals surface area (Å²) in [6.45, 7) is 10.8. The Hall–Kier alpha value is -0.860. The molecule has 1 heterocycles. The number of hydrogen-bond donors (Lipinski definition) is 1. The molecule has 0 aromatic heterocycles. The molecule has 1 saturated heterocycles. The molecular formula is C16H25NO. The van der Waals surface area contributed by atoms with Gasteiger partial charge in [-0.3, -0.25) is 4.90 Å². The van der Waals surface area contributed by atoms with Crippen molar-refractivity contribution in [3.05, 3.63) is 35.9 Å². The SMILES string of the molecule is C[C@H]1CN(C(C)(C)C)CC[C@@]1(O)c1ccccc1. The highest BCUT2D eigenvalue weighted by Crippen LogP contribution is 2.38. The molecule has 2 nitrogen and oxygen atoms in total. The van der Waals surface area contributed by atoms with Gasteiger partial charge in [0.05, 0.1) is 5.60 Å². The van der Waals surface area contributed by atoms with Gasteiger partial charge in [0.1, 0.15) is 0 Å². The number of likely N-dealkylation sites (tertiary alicyclic amines) is 1. The van der Waals surface area contributed by atoms with Crippen LogP contribution in [0.1, 0.15) is 39.7 Å². The maximum Gasteiger partial charge on any atom is 0.0946 e. The lowest BCUT2D eigenvalue weighted by atomic mass is 9.76. The van der Waals surface area contributed by atoms with Crippen LogP contribution in [0.3, 0.4) is 0 Å². The van der Waals surface area contributed by atoms with Crippen molar-refractivity contribution in [1.82, 2.24) is 4.90 Å². The van der Waals surface area contributed by atoms with E-state index in [0.29, 0.717) is 0 Å². The van der Waals surface area contributed by atoms with Crippen molar-refractivity contribution < 1.29 is 5.11 Å². The molecule has 1 fully saturated rings. The summed E-state index contributed by atoms with van der Waals surface area (Å²) in [6.07, 6.45) is 0.815. The van der Waals surface area contributed by atoms with Crippen molar-refractivity contribution >= 4 is 0 Å². The Bertz CT molecular complexity index is 395. The summed E-state index contributed by atoms with van der Waals surface area (Å²) >= 11 is 0. The van der Waals surface area contributed by atoms with Crippen molar-refractivity contribution in [2.24, 2.45) is 5.92 Å². The maximum atomic E-state index is 11.0. The third-order valence-corrected chi connectivity index (χ3v) is 4.29. The van der Waals surface area contributed by atoms with Gasteiger partial charge in [0.2, 0.25) is 0 Å². The van der Waals surface area contributed by atoms with Crippen molar-refractivity contribution in [2.75, 3.05) is 13.1 Å². The standard InChI is InChI=1S/C16H25NO/c1-13-12-17(15(2,3)4)11-10-16(13,18)14-8-6-5-7-9-14/h5-9,13,18H,10-12H2,1-4H3/t13-,16-/m0/s1. The fourth-order valence-corrected chi connectivity index (χ4v) is 2.89. The molecule has 1 N–H and O–H groups in total. The predicted octanol–water partition coefficient (Wildman–Crippen LogP) is 3.01. The van der Waals surface area contributed by atoms with Crippen LogP contribution in [0.5, 0.6) is 0 Å². The summed E-state index contributed by atoms with van der Waals surface area (Å²) in [4.78, 5) is 2.47. The molecule has 0 amide bonds. The predicted molar refractivity (Wildman–Crippen MR) is 75.4 cm³/mol. The number of nitrogens with zero attached hydrogens (tertiary/aromatic N) is 1. The van der Waals surface area contributed by atoms with E-state index in [-0.39, 0.29) is 11.5 Å². The number of piperidine rings is 1. The molecule has 0 spiro atoms. The van der Waals surface area contributed by atoms with Crippen LogP contribution < -0.4 is 0 Å². The first kappa shape index (κ1) is 13.6. The number of hydrogen-bond acceptors (Lipinski definition) is 2. The molecule has 0 saturated carbocycles. The van der Waals surface area contributed by atoms with E-state index in [9.17, 15) is 5.11 Å². The van der Waals surface area contributed by atoms with Crippen LogP contribution >= 0.6 is 0 Å². The molecule has 1 aromatic rings. The minimum Gasteiger partial charge on any atom is -0.385 e. The smallest absolute Gasteiger partial charge is 0.0946 e. The number of rotatable bonds is 1. The molecule has 0 radical (unpaired) electrons. The molecule has 1 aliphatic heterocycles. The van der Waals surface area contributed by atoms with Gasteiger partial charge in [-0.25, -0.2) is 0 Å². The molecule has 18 heavy (non-hydrogen) atoms. The lowest BCUT2D eigenvalue weighted by molar-refractivity contribution is -0.0884. The van der Waals surface area contributed by atoms with E-state index in [1.807, 2.05) is 30.3 Å². The maximum absolute atomic E-state index is 11.0. The first-order valence-electron chi connectivity index (χ1n) is 6.87. The van der Waals surface area contributed by atoms with Gasteiger partial charge in [-0.05, 0) is 32.8 Å². The average Bonchev–Trinajstić information content (AvgIpc) is 2.32. The van der Waals surface area contributed by atoms with Crippen molar-refractivity contribution in [1.29, 1.82) is 0 Å². The quantitative estimate of drug-likeness (QED) is 0.824. The third kappa shape index (κ3) is 2.45. The van der Waals surface area contributed by atoms with Gasteiger partial charge in [0.25, 0.3) is 0 Å². The summed E-state index contributed by atoms with van der Waals surface area (Å²) in [5, 5.41) is 11.0. The molecule has 100 valence electrons. The van der Waals surface area contributed by atoms with Crippen molar-refractivity contribution in [3.8, 4) is 0 Å². The summed E-state index contributed by atoms with van der Waals surface area (Å²) in [5.74, 6) is 0.257. The lowest BCUT2D eigenvalue weighted by Crippen LogP contribution is -2.54. The second-order valence-corrected chi connectivity index (χ2v) is 6.56. The Labute approximate surface area is 111 Å². The summed E-state index contributed by atoms with van der Waals surface area (Å²) in [6, 6.07) is 10.1. The van der Waals surface area contributed by atoms with Gasteiger partial charge < -0.3 is 5.11 Å². The third-order valence-electron chi connectivity index (χ3n) is 4.29. The van der Waals surface area contributed by atoms with E-state index in [1.54, 1.807) is 0 Å². The van der Waals surface area contributed by atoms with E-state index in [2.05, 4.69) is 32.6 Å². The minimum atomic E-state index is -0.664. The Morgan fingerprint density at radius 3 is 2.33 bits per heavy atom. The summed E-state index contributed by atoms with van der Waals surface area (Å²) in [5.41, 5.74) is 0.584. The molecule has 0 unspecified atom stereocenters. The van der Waals surface area contributed by atoms with Crippen LogP contribution in [0.15, 0.2) is 30.3 Å². The molecule has 2 heteroatoms. The summed E-state index contributed by atoms with van der Waals surface area (Å²) < 4.78 is 0. The first-order chi connectivity index (χ1) is 8.34. The monoisotopic (exact) mass is 247 g/mol. The normalized spacial score (nSPS) is 30.4. The average molecular weight is 247 g/mol. The highest BCUT2D eigenvalue weighted by Gasteiger charge is 2.42. The zero-order valence-electron chi connectivity index (χ0n) is 12.0. The fourth-order valence-electron chi connectivity index (χ4n) is 2.89. The molecule has 1 aromatic carbocycles. The van der Waals surface area contributed by atoms with Crippen LogP contribution in [0, 0.1) is 5.92 Å². The van der Waals surface area contributed by atoms with Crippen LogP contribution in [-0.4, -0.2) is 28.6 Å². The highest BCUT2D eigenvalue weighted by atomic mass is 16.3. The van der Waals surface area contributed by atoms with Crippen molar-refractivity contribution in [2.45, 2.75) is 45.3 Å². The van der Waals surface area contributed by atoms with E-state index >= 15 is 0 Å². The van der Waals surface area contributed by atoms with Crippen molar-refractivity contribution in [3.63, 3.8) is 0 Å². The van der Waals surface area contributed by atoms with Gasteiger partial charge in [0.15, 0.2) is 0 Å². The molecular weight excluding hydrogens is 222 g/mol. The second kappa shape index (κ2) is 4.67. The largest absolute Gasteiger partial charge is 0.385 e. The van der Waals surface area contributed by atoms with Gasteiger partial charge in [-0.15, -0.1) is 0 Å². The van der Waals surface area contributed by atoms with Gasteiger partial charge in [-0.1, -0.05) is 37.3 Å². The molecule has 2 atom stereocenters. The molecule has 1 aliphatic rings. The Kier molecular flexibility index (Phi) is 3.52. The van der Waals surface area contributed by atoms with E-state index in [4.69, 9.17) is 0 Å². The lowest BCUT2D eigenvalue weighted by Gasteiger charge is -2.48. The van der Waals surface area contributed by atoms with Gasteiger partial charge in [-0.2, -0.15) is 0 Å². The number of aliphatic hydroxyl groups is 1. The van der Waals surface area contributed by atoms with Gasteiger partial charge >= 0.3 is 0 Å².